The lowest BCUT2D eigenvalue weighted by molar-refractivity contribution is 0.0966. The molecule has 1 atom stereocenters. The van der Waals surface area contributed by atoms with Crippen molar-refractivity contribution < 1.29 is 14.7 Å². The first kappa shape index (κ1) is 24.8. The van der Waals surface area contributed by atoms with Crippen LogP contribution in [-0.2, 0) is 6.54 Å². The van der Waals surface area contributed by atoms with Gasteiger partial charge in [0.05, 0.1) is 17.4 Å². The zero-order valence-corrected chi connectivity index (χ0v) is 20.8. The number of likely N-dealkylation sites (tertiary alicyclic amines) is 1. The number of β-amino-alcohol motifs (C(OH)–C–C–N with tert-alkyl or cyclic N) is 1. The van der Waals surface area contributed by atoms with E-state index in [4.69, 9.17) is 0 Å². The molecule has 2 aliphatic heterocycles. The molecule has 0 bridgehead atoms. The second kappa shape index (κ2) is 11.5. The third-order valence-corrected chi connectivity index (χ3v) is 6.87. The molecule has 5 rings (SSSR count). The number of piperidine rings is 1. The van der Waals surface area contributed by atoms with E-state index in [2.05, 4.69) is 26.2 Å². The van der Waals surface area contributed by atoms with E-state index in [9.17, 15) is 14.7 Å². The van der Waals surface area contributed by atoms with Gasteiger partial charge in [-0.2, -0.15) is 0 Å². The first-order chi connectivity index (χ1) is 18.1. The number of anilines is 4. The highest BCUT2D eigenvalue weighted by atomic mass is 16.3. The number of benzene rings is 3. The Kier molecular flexibility index (Phi) is 7.67. The summed E-state index contributed by atoms with van der Waals surface area (Å²) in [7, 11) is 0. The fourth-order valence-electron chi connectivity index (χ4n) is 4.92. The molecule has 8 heteroatoms. The molecule has 37 heavy (non-hydrogen) atoms. The van der Waals surface area contributed by atoms with Gasteiger partial charge in [0.1, 0.15) is 0 Å². The molecule has 1 fully saturated rings. The van der Waals surface area contributed by atoms with E-state index in [1.165, 1.54) is 19.3 Å². The lowest BCUT2D eigenvalue weighted by atomic mass is 10.0. The Hall–Kier alpha value is -3.88. The third kappa shape index (κ3) is 6.10. The molecule has 0 spiro atoms. The van der Waals surface area contributed by atoms with Crippen LogP contribution in [0.3, 0.4) is 0 Å². The summed E-state index contributed by atoms with van der Waals surface area (Å²) in [6, 6.07) is 20.5. The predicted molar refractivity (Wildman–Crippen MR) is 147 cm³/mol. The van der Waals surface area contributed by atoms with Crippen LogP contribution in [0, 0.1) is 0 Å². The third-order valence-electron chi connectivity index (χ3n) is 6.87. The molecule has 0 aliphatic carbocycles. The first-order valence-corrected chi connectivity index (χ1v) is 12.9. The predicted octanol–water partition coefficient (Wildman–Crippen LogP) is 4.18. The minimum absolute atomic E-state index is 0.204. The molecule has 0 radical (unpaired) electrons. The van der Waals surface area contributed by atoms with E-state index in [1.807, 2.05) is 48.5 Å². The quantitative estimate of drug-likeness (QED) is 0.302. The van der Waals surface area contributed by atoms with Crippen molar-refractivity contribution in [2.75, 3.05) is 42.1 Å². The van der Waals surface area contributed by atoms with Crippen molar-refractivity contribution in [3.05, 3.63) is 83.4 Å². The van der Waals surface area contributed by atoms with Crippen LogP contribution in [0.5, 0.6) is 0 Å². The van der Waals surface area contributed by atoms with Crippen LogP contribution in [-0.4, -0.2) is 54.1 Å². The van der Waals surface area contributed by atoms with Crippen LogP contribution >= 0.6 is 0 Å². The van der Waals surface area contributed by atoms with Gasteiger partial charge in [0.2, 0.25) is 0 Å². The van der Waals surface area contributed by atoms with Gasteiger partial charge in [-0.15, -0.1) is 0 Å². The van der Waals surface area contributed by atoms with Crippen LogP contribution in [0.2, 0.25) is 0 Å². The molecule has 8 nitrogen and oxygen atoms in total. The number of aliphatic hydroxyl groups excluding tert-OH is 1. The number of nitrogens with zero attached hydrogens (tertiary/aromatic N) is 1. The number of para-hydroxylation sites is 1. The van der Waals surface area contributed by atoms with Crippen molar-refractivity contribution >= 4 is 34.6 Å². The van der Waals surface area contributed by atoms with Crippen molar-refractivity contribution in [2.45, 2.75) is 31.9 Å². The monoisotopic (exact) mass is 499 g/mol. The summed E-state index contributed by atoms with van der Waals surface area (Å²) in [5, 5.41) is 22.7. The number of carbonyl (C=O) groups is 2. The van der Waals surface area contributed by atoms with E-state index in [0.29, 0.717) is 36.4 Å². The molecule has 2 heterocycles. The molecule has 5 N–H and O–H groups in total. The van der Waals surface area contributed by atoms with Gasteiger partial charge in [0.25, 0.3) is 11.8 Å². The maximum absolute atomic E-state index is 13.0. The molecule has 3 aromatic carbocycles. The number of hydrogen-bond acceptors (Lipinski definition) is 6. The largest absolute Gasteiger partial charge is 0.390 e. The van der Waals surface area contributed by atoms with E-state index >= 15 is 0 Å². The maximum atomic E-state index is 13.0. The minimum Gasteiger partial charge on any atom is -0.390 e. The lowest BCUT2D eigenvalue weighted by Gasteiger charge is -2.28. The highest BCUT2D eigenvalue weighted by molar-refractivity contribution is 6.11. The van der Waals surface area contributed by atoms with Gasteiger partial charge in [0.15, 0.2) is 0 Å². The molecule has 192 valence electrons. The second-order valence-corrected chi connectivity index (χ2v) is 9.62. The zero-order valence-electron chi connectivity index (χ0n) is 20.8. The number of aliphatic hydroxyl groups is 1. The second-order valence-electron chi connectivity index (χ2n) is 9.62. The molecule has 0 aromatic heterocycles. The number of rotatable bonds is 9. The van der Waals surface area contributed by atoms with E-state index in [0.717, 1.165) is 35.7 Å². The Morgan fingerprint density at radius 1 is 0.919 bits per heavy atom. The highest BCUT2D eigenvalue weighted by Crippen LogP contribution is 2.33. The Balaban J connectivity index is 1.20. The Labute approximate surface area is 217 Å². The van der Waals surface area contributed by atoms with Gasteiger partial charge in [-0.05, 0) is 74.5 Å². The van der Waals surface area contributed by atoms with Gasteiger partial charge in [-0.1, -0.05) is 24.6 Å². The number of nitrogens with one attached hydrogen (secondary N) is 4. The van der Waals surface area contributed by atoms with Crippen LogP contribution in [0.4, 0.5) is 22.7 Å². The van der Waals surface area contributed by atoms with Crippen LogP contribution in [0.25, 0.3) is 0 Å². The molecule has 2 amide bonds. The van der Waals surface area contributed by atoms with Gasteiger partial charge in [-0.25, -0.2) is 0 Å². The summed E-state index contributed by atoms with van der Waals surface area (Å²) < 4.78 is 0. The van der Waals surface area contributed by atoms with E-state index in [1.54, 1.807) is 18.2 Å². The number of carbonyl (C=O) groups excluding carboxylic acids is 2. The Bertz CT molecular complexity index is 1240. The SMILES string of the molecule is O=C(Nc1ccc(Nc2ccccc2)c2c1C(=O)NC2)c1ccc(NCC(O)CN2CCCCC2)cc1. The summed E-state index contributed by atoms with van der Waals surface area (Å²) in [6.07, 6.45) is 3.23. The average Bonchev–Trinajstić information content (AvgIpc) is 3.32. The summed E-state index contributed by atoms with van der Waals surface area (Å²) in [6.45, 7) is 3.63. The molecule has 3 aromatic rings. The number of hydrogen-bond donors (Lipinski definition) is 5. The zero-order chi connectivity index (χ0) is 25.6. The van der Waals surface area contributed by atoms with Crippen molar-refractivity contribution in [1.82, 2.24) is 10.2 Å². The van der Waals surface area contributed by atoms with Crippen LogP contribution < -0.4 is 21.3 Å². The van der Waals surface area contributed by atoms with Gasteiger partial charge >= 0.3 is 0 Å². The standard InChI is InChI=1S/C29H33N5O3/c35-23(19-34-15-5-2-6-16-34)17-30-21-11-9-20(10-12-21)28(36)33-26-14-13-25(24-18-31-29(37)27(24)26)32-22-7-3-1-4-8-22/h1,3-4,7-14,23,30,32,35H,2,5-6,15-19H2,(H,31,37)(H,33,36). The van der Waals surface area contributed by atoms with Gasteiger partial charge in [0, 0.05) is 47.8 Å². The lowest BCUT2D eigenvalue weighted by Crippen LogP contribution is -2.39. The van der Waals surface area contributed by atoms with Crippen molar-refractivity contribution in [3.63, 3.8) is 0 Å². The van der Waals surface area contributed by atoms with Crippen LogP contribution in [0.1, 0.15) is 45.5 Å². The molecule has 2 aliphatic rings. The smallest absolute Gasteiger partial charge is 0.255 e. The highest BCUT2D eigenvalue weighted by Gasteiger charge is 2.26. The first-order valence-electron chi connectivity index (χ1n) is 12.9. The topological polar surface area (TPSA) is 106 Å². The summed E-state index contributed by atoms with van der Waals surface area (Å²) in [5.41, 5.74) is 4.87. The van der Waals surface area contributed by atoms with Crippen molar-refractivity contribution in [3.8, 4) is 0 Å². The molecular weight excluding hydrogens is 466 g/mol. The fraction of sp³-hybridized carbons (Fsp3) is 0.310. The van der Waals surface area contributed by atoms with E-state index in [-0.39, 0.29) is 11.8 Å². The Morgan fingerprint density at radius 2 is 1.65 bits per heavy atom. The molecule has 1 saturated heterocycles. The van der Waals surface area contributed by atoms with Gasteiger partial charge < -0.3 is 31.3 Å². The van der Waals surface area contributed by atoms with Crippen molar-refractivity contribution in [2.24, 2.45) is 0 Å². The van der Waals surface area contributed by atoms with E-state index < -0.39 is 6.10 Å². The Morgan fingerprint density at radius 3 is 2.41 bits per heavy atom. The molecule has 1 unspecified atom stereocenters. The maximum Gasteiger partial charge on any atom is 0.255 e. The number of amides is 2. The average molecular weight is 500 g/mol. The number of fused-ring (bicyclic) bond motifs is 1. The normalized spacial score (nSPS) is 16.0. The molecule has 0 saturated carbocycles. The van der Waals surface area contributed by atoms with Crippen molar-refractivity contribution in [1.29, 1.82) is 0 Å². The molecular formula is C29H33N5O3. The minimum atomic E-state index is -0.450. The summed E-state index contributed by atoms with van der Waals surface area (Å²) >= 11 is 0. The summed E-state index contributed by atoms with van der Waals surface area (Å²) in [5.74, 6) is -0.493. The fourth-order valence-corrected chi connectivity index (χ4v) is 4.92. The van der Waals surface area contributed by atoms with Gasteiger partial charge in [-0.3, -0.25) is 9.59 Å². The summed E-state index contributed by atoms with van der Waals surface area (Å²) in [4.78, 5) is 27.9. The van der Waals surface area contributed by atoms with Crippen LogP contribution in [0.15, 0.2) is 66.7 Å².